The molecule has 0 aliphatic rings. The molecule has 0 aromatic carbocycles. The Morgan fingerprint density at radius 2 is 1.78 bits per heavy atom. The lowest BCUT2D eigenvalue weighted by Crippen LogP contribution is -2.05. The van der Waals surface area contributed by atoms with E-state index in [1.807, 2.05) is 37.1 Å². The van der Waals surface area contributed by atoms with Crippen LogP contribution in [0, 0.1) is 6.92 Å². The van der Waals surface area contributed by atoms with Crippen molar-refractivity contribution in [1.29, 1.82) is 0 Å². The summed E-state index contributed by atoms with van der Waals surface area (Å²) in [7, 11) is 0. The molecule has 0 fully saturated rings. The van der Waals surface area contributed by atoms with Crippen molar-refractivity contribution < 1.29 is 0 Å². The molecular formula is C21H22N6. The Morgan fingerprint density at radius 1 is 0.963 bits per heavy atom. The van der Waals surface area contributed by atoms with Gasteiger partial charge < -0.3 is 10.3 Å². The van der Waals surface area contributed by atoms with Gasteiger partial charge in [-0.3, -0.25) is 4.98 Å². The number of aromatic nitrogens is 5. The maximum Gasteiger partial charge on any atom is 0.222 e. The molecule has 4 rings (SSSR count). The Hall–Kier alpha value is -3.28. The van der Waals surface area contributed by atoms with E-state index < -0.39 is 0 Å². The quantitative estimate of drug-likeness (QED) is 0.548. The van der Waals surface area contributed by atoms with Gasteiger partial charge in [-0.25, -0.2) is 15.0 Å². The van der Waals surface area contributed by atoms with Crippen LogP contribution >= 0.6 is 0 Å². The van der Waals surface area contributed by atoms with E-state index in [1.54, 1.807) is 0 Å². The molecule has 6 heteroatoms. The number of fused-ring (bicyclic) bond motifs is 1. The standard InChI is InChI=1S/C21H22N6/c1-3-15-4-5-18(22-9-15)13-27-21-25-10-16(11-26-21)7-17-12-24-20-19(17)6-14(2)8-23-20/h4-6,8-12H,3,7,13H2,1-2H3,(H,23,24)(H,25,26,27). The van der Waals surface area contributed by atoms with Crippen LogP contribution in [0.15, 0.2) is 49.2 Å². The number of anilines is 1. The molecule has 0 unspecified atom stereocenters. The fourth-order valence-electron chi connectivity index (χ4n) is 3.00. The summed E-state index contributed by atoms with van der Waals surface area (Å²) in [5.74, 6) is 0.608. The summed E-state index contributed by atoms with van der Waals surface area (Å²) in [4.78, 5) is 20.9. The lowest BCUT2D eigenvalue weighted by molar-refractivity contribution is 0.975. The van der Waals surface area contributed by atoms with Crippen LogP contribution in [0.3, 0.4) is 0 Å². The molecular weight excluding hydrogens is 336 g/mol. The number of aromatic amines is 1. The molecule has 0 aliphatic carbocycles. The number of hydrogen-bond acceptors (Lipinski definition) is 5. The van der Waals surface area contributed by atoms with E-state index in [9.17, 15) is 0 Å². The van der Waals surface area contributed by atoms with Crippen LogP contribution in [0.1, 0.15) is 34.9 Å². The van der Waals surface area contributed by atoms with Crippen molar-refractivity contribution in [2.75, 3.05) is 5.32 Å². The average Bonchev–Trinajstić information content (AvgIpc) is 3.10. The van der Waals surface area contributed by atoms with Gasteiger partial charge in [0.15, 0.2) is 0 Å². The summed E-state index contributed by atoms with van der Waals surface area (Å²) < 4.78 is 0. The number of nitrogens with one attached hydrogen (secondary N) is 2. The van der Waals surface area contributed by atoms with E-state index in [0.29, 0.717) is 12.5 Å². The van der Waals surface area contributed by atoms with Crippen molar-refractivity contribution in [3.05, 3.63) is 77.1 Å². The zero-order valence-electron chi connectivity index (χ0n) is 15.5. The maximum absolute atomic E-state index is 4.44. The van der Waals surface area contributed by atoms with Crippen LogP contribution in [0.5, 0.6) is 0 Å². The van der Waals surface area contributed by atoms with E-state index >= 15 is 0 Å². The molecule has 0 saturated heterocycles. The van der Waals surface area contributed by atoms with E-state index in [-0.39, 0.29) is 0 Å². The molecule has 2 N–H and O–H groups in total. The Morgan fingerprint density at radius 3 is 2.52 bits per heavy atom. The van der Waals surface area contributed by atoms with Gasteiger partial charge in [0.1, 0.15) is 5.65 Å². The smallest absolute Gasteiger partial charge is 0.222 e. The van der Waals surface area contributed by atoms with E-state index in [4.69, 9.17) is 0 Å². The van der Waals surface area contributed by atoms with Crippen molar-refractivity contribution in [3.8, 4) is 0 Å². The summed E-state index contributed by atoms with van der Waals surface area (Å²) in [5.41, 5.74) is 6.54. The van der Waals surface area contributed by atoms with Gasteiger partial charge in [-0.05, 0) is 47.7 Å². The van der Waals surface area contributed by atoms with Gasteiger partial charge in [-0.15, -0.1) is 0 Å². The lowest BCUT2D eigenvalue weighted by Gasteiger charge is -2.06. The minimum absolute atomic E-state index is 0.608. The van der Waals surface area contributed by atoms with Gasteiger partial charge in [-0.2, -0.15) is 0 Å². The Kier molecular flexibility index (Phi) is 4.78. The predicted molar refractivity (Wildman–Crippen MR) is 107 cm³/mol. The average molecular weight is 358 g/mol. The van der Waals surface area contributed by atoms with Crippen LogP contribution in [0.25, 0.3) is 11.0 Å². The van der Waals surface area contributed by atoms with Gasteiger partial charge in [0, 0.05) is 42.8 Å². The molecule has 4 heterocycles. The summed E-state index contributed by atoms with van der Waals surface area (Å²) in [5, 5.41) is 4.37. The number of nitrogens with zero attached hydrogens (tertiary/aromatic N) is 4. The molecule has 27 heavy (non-hydrogen) atoms. The number of aryl methyl sites for hydroxylation is 2. The van der Waals surface area contributed by atoms with Crippen molar-refractivity contribution >= 4 is 17.0 Å². The highest BCUT2D eigenvalue weighted by molar-refractivity contribution is 5.80. The van der Waals surface area contributed by atoms with Crippen LogP contribution in [-0.2, 0) is 19.4 Å². The Balaban J connectivity index is 1.41. The van der Waals surface area contributed by atoms with Gasteiger partial charge in [-0.1, -0.05) is 13.0 Å². The fourth-order valence-corrected chi connectivity index (χ4v) is 3.00. The molecule has 0 atom stereocenters. The largest absolute Gasteiger partial charge is 0.349 e. The second-order valence-electron chi connectivity index (χ2n) is 6.68. The van der Waals surface area contributed by atoms with Gasteiger partial charge >= 0.3 is 0 Å². The van der Waals surface area contributed by atoms with Crippen LogP contribution in [-0.4, -0.2) is 24.9 Å². The van der Waals surface area contributed by atoms with Crippen molar-refractivity contribution in [1.82, 2.24) is 24.9 Å². The molecule has 6 nitrogen and oxygen atoms in total. The first-order chi connectivity index (χ1) is 13.2. The van der Waals surface area contributed by atoms with E-state index in [0.717, 1.165) is 40.7 Å². The number of hydrogen-bond donors (Lipinski definition) is 2. The molecule has 136 valence electrons. The maximum atomic E-state index is 4.44. The third-order valence-electron chi connectivity index (χ3n) is 4.58. The molecule has 0 bridgehead atoms. The van der Waals surface area contributed by atoms with Gasteiger partial charge in [0.2, 0.25) is 5.95 Å². The van der Waals surface area contributed by atoms with Crippen molar-refractivity contribution in [2.45, 2.75) is 33.2 Å². The zero-order chi connectivity index (χ0) is 18.6. The van der Waals surface area contributed by atoms with Gasteiger partial charge in [0.25, 0.3) is 0 Å². The predicted octanol–water partition coefficient (Wildman–Crippen LogP) is 3.82. The summed E-state index contributed by atoms with van der Waals surface area (Å²) >= 11 is 0. The third kappa shape index (κ3) is 3.95. The third-order valence-corrected chi connectivity index (χ3v) is 4.58. The van der Waals surface area contributed by atoms with Crippen molar-refractivity contribution in [3.63, 3.8) is 0 Å². The highest BCUT2D eigenvalue weighted by atomic mass is 15.1. The van der Waals surface area contributed by atoms with E-state index in [2.05, 4.69) is 56.2 Å². The zero-order valence-corrected chi connectivity index (χ0v) is 15.5. The lowest BCUT2D eigenvalue weighted by atomic mass is 10.1. The molecule has 0 amide bonds. The normalized spacial score (nSPS) is 11.0. The summed E-state index contributed by atoms with van der Waals surface area (Å²) in [6.07, 6.45) is 11.3. The highest BCUT2D eigenvalue weighted by Crippen LogP contribution is 2.20. The van der Waals surface area contributed by atoms with Crippen LogP contribution in [0.2, 0.25) is 0 Å². The fraction of sp³-hybridized carbons (Fsp3) is 0.238. The second kappa shape index (κ2) is 7.53. The van der Waals surface area contributed by atoms with Crippen molar-refractivity contribution in [2.24, 2.45) is 0 Å². The minimum Gasteiger partial charge on any atom is -0.349 e. The van der Waals surface area contributed by atoms with Gasteiger partial charge in [0.05, 0.1) is 12.2 Å². The Labute approximate surface area is 158 Å². The van der Waals surface area contributed by atoms with E-state index in [1.165, 1.54) is 11.1 Å². The highest BCUT2D eigenvalue weighted by Gasteiger charge is 2.07. The molecule has 4 aromatic heterocycles. The number of pyridine rings is 2. The molecule has 0 spiro atoms. The first-order valence-electron chi connectivity index (χ1n) is 9.12. The number of rotatable bonds is 6. The molecule has 4 aromatic rings. The Bertz CT molecular complexity index is 1030. The summed E-state index contributed by atoms with van der Waals surface area (Å²) in [6.45, 7) is 4.78. The minimum atomic E-state index is 0.608. The molecule has 0 radical (unpaired) electrons. The number of H-pyrrole nitrogens is 1. The first-order valence-corrected chi connectivity index (χ1v) is 9.12. The van der Waals surface area contributed by atoms with Crippen LogP contribution in [0.4, 0.5) is 5.95 Å². The molecule has 0 saturated carbocycles. The van der Waals surface area contributed by atoms with Crippen LogP contribution < -0.4 is 5.32 Å². The molecule has 0 aliphatic heterocycles. The second-order valence-corrected chi connectivity index (χ2v) is 6.68. The topological polar surface area (TPSA) is 79.4 Å². The summed E-state index contributed by atoms with van der Waals surface area (Å²) in [6, 6.07) is 6.29. The first kappa shape index (κ1) is 17.1. The SMILES string of the molecule is CCc1ccc(CNc2ncc(Cc3c[nH]c4ncc(C)cc34)cn2)nc1. The monoisotopic (exact) mass is 358 g/mol.